The molecule has 2 rings (SSSR count). The minimum Gasteiger partial charge on any atom is -0.323 e. The molecule has 2 aromatic rings. The summed E-state index contributed by atoms with van der Waals surface area (Å²) in [5.41, 5.74) is 4.11. The first kappa shape index (κ1) is 10.4. The van der Waals surface area contributed by atoms with Gasteiger partial charge < -0.3 is 5.84 Å². The Morgan fingerprint density at radius 1 is 0.938 bits per heavy atom. The molecule has 0 bridgehead atoms. The average molecular weight is 210 g/mol. The van der Waals surface area contributed by atoms with Crippen LogP contribution in [0.25, 0.3) is 0 Å². The first-order valence-electron chi connectivity index (χ1n) is 5.21. The molecule has 2 aromatic carbocycles. The molecule has 0 fully saturated rings. The zero-order chi connectivity index (χ0) is 11.4. The largest absolute Gasteiger partial charge is 0.323 e. The summed E-state index contributed by atoms with van der Waals surface area (Å²) in [5.74, 6) is 5.47. The van der Waals surface area contributed by atoms with Gasteiger partial charge in [-0.15, -0.1) is 0 Å². The van der Waals surface area contributed by atoms with Crippen molar-refractivity contribution in [1.29, 1.82) is 0 Å². The van der Waals surface area contributed by atoms with E-state index in [0.29, 0.717) is 0 Å². The van der Waals surface area contributed by atoms with Crippen LogP contribution in [0.5, 0.6) is 0 Å². The summed E-state index contributed by atoms with van der Waals surface area (Å²) in [7, 11) is 0. The van der Waals surface area contributed by atoms with Gasteiger partial charge in [0.2, 0.25) is 0 Å². The highest BCUT2D eigenvalue weighted by Gasteiger charge is 2.05. The Bertz CT molecular complexity index is 501. The van der Waals surface area contributed by atoms with Gasteiger partial charge in [0.05, 0.1) is 5.71 Å². The molecule has 0 spiro atoms. The number of hydrogen-bond donors (Lipinski definition) is 1. The second kappa shape index (κ2) is 4.62. The van der Waals surface area contributed by atoms with Gasteiger partial charge in [-0.3, -0.25) is 0 Å². The Balaban J connectivity index is 2.46. The first-order valence-corrected chi connectivity index (χ1v) is 5.21. The summed E-state index contributed by atoms with van der Waals surface area (Å²) >= 11 is 0. The van der Waals surface area contributed by atoms with E-state index in [1.807, 2.05) is 42.5 Å². The molecule has 0 atom stereocenters. The fourth-order valence-electron chi connectivity index (χ4n) is 1.70. The SMILES string of the molecule is Cc1cccc(C(=NN)c2ccccc2)c1. The van der Waals surface area contributed by atoms with Gasteiger partial charge in [-0.25, -0.2) is 0 Å². The van der Waals surface area contributed by atoms with E-state index in [1.54, 1.807) is 0 Å². The van der Waals surface area contributed by atoms with Crippen molar-refractivity contribution < 1.29 is 0 Å². The molecule has 16 heavy (non-hydrogen) atoms. The van der Waals surface area contributed by atoms with Crippen LogP contribution in [0.15, 0.2) is 59.7 Å². The normalized spacial score (nSPS) is 11.4. The number of hydrogen-bond acceptors (Lipinski definition) is 2. The smallest absolute Gasteiger partial charge is 0.0971 e. The zero-order valence-corrected chi connectivity index (χ0v) is 9.22. The topological polar surface area (TPSA) is 38.4 Å². The van der Waals surface area contributed by atoms with Gasteiger partial charge in [0.1, 0.15) is 0 Å². The van der Waals surface area contributed by atoms with Gasteiger partial charge >= 0.3 is 0 Å². The van der Waals surface area contributed by atoms with E-state index in [4.69, 9.17) is 5.84 Å². The number of nitrogens with zero attached hydrogens (tertiary/aromatic N) is 1. The average Bonchev–Trinajstić information content (AvgIpc) is 2.31. The van der Waals surface area contributed by atoms with Crippen molar-refractivity contribution in [3.05, 3.63) is 71.3 Å². The lowest BCUT2D eigenvalue weighted by Crippen LogP contribution is -2.06. The maximum atomic E-state index is 5.47. The summed E-state index contributed by atoms with van der Waals surface area (Å²) in [6, 6.07) is 18.1. The first-order chi connectivity index (χ1) is 7.81. The number of benzene rings is 2. The second-order valence-corrected chi connectivity index (χ2v) is 3.71. The molecule has 0 aliphatic carbocycles. The Labute approximate surface area is 95.4 Å². The Hall–Kier alpha value is -2.09. The fraction of sp³-hybridized carbons (Fsp3) is 0.0714. The molecule has 2 heteroatoms. The van der Waals surface area contributed by atoms with Crippen LogP contribution in [0.2, 0.25) is 0 Å². The third kappa shape index (κ3) is 2.11. The third-order valence-corrected chi connectivity index (χ3v) is 2.47. The van der Waals surface area contributed by atoms with Crippen LogP contribution >= 0.6 is 0 Å². The predicted molar refractivity (Wildman–Crippen MR) is 67.4 cm³/mol. The van der Waals surface area contributed by atoms with Crippen LogP contribution in [-0.2, 0) is 0 Å². The van der Waals surface area contributed by atoms with E-state index in [2.05, 4.69) is 24.2 Å². The summed E-state index contributed by atoms with van der Waals surface area (Å²) in [5, 5.41) is 3.89. The van der Waals surface area contributed by atoms with Gasteiger partial charge in [0, 0.05) is 11.1 Å². The van der Waals surface area contributed by atoms with Crippen molar-refractivity contribution in [3.8, 4) is 0 Å². The molecular formula is C14H14N2. The van der Waals surface area contributed by atoms with Crippen LogP contribution in [0, 0.1) is 6.92 Å². The maximum absolute atomic E-state index is 5.47. The second-order valence-electron chi connectivity index (χ2n) is 3.71. The van der Waals surface area contributed by atoms with Crippen LogP contribution in [0.1, 0.15) is 16.7 Å². The highest BCUT2D eigenvalue weighted by atomic mass is 15.1. The van der Waals surface area contributed by atoms with Gasteiger partial charge in [-0.2, -0.15) is 5.10 Å². The standard InChI is InChI=1S/C14H14N2/c1-11-6-5-9-13(10-11)14(16-15)12-7-3-2-4-8-12/h2-10H,15H2,1H3. The van der Waals surface area contributed by atoms with E-state index in [0.717, 1.165) is 16.8 Å². The van der Waals surface area contributed by atoms with Crippen molar-refractivity contribution in [2.24, 2.45) is 10.9 Å². The van der Waals surface area contributed by atoms with Crippen molar-refractivity contribution in [2.45, 2.75) is 6.92 Å². The monoisotopic (exact) mass is 210 g/mol. The molecule has 0 amide bonds. The van der Waals surface area contributed by atoms with Crippen LogP contribution in [-0.4, -0.2) is 5.71 Å². The molecular weight excluding hydrogens is 196 g/mol. The minimum absolute atomic E-state index is 0.823. The number of rotatable bonds is 2. The molecule has 2 N–H and O–H groups in total. The summed E-state index contributed by atoms with van der Waals surface area (Å²) in [6.07, 6.45) is 0. The molecule has 0 unspecified atom stereocenters. The fourth-order valence-corrected chi connectivity index (χ4v) is 1.70. The van der Waals surface area contributed by atoms with Gasteiger partial charge in [0.15, 0.2) is 0 Å². The maximum Gasteiger partial charge on any atom is 0.0971 e. The lowest BCUT2D eigenvalue weighted by Gasteiger charge is -2.06. The summed E-state index contributed by atoms with van der Waals surface area (Å²) < 4.78 is 0. The van der Waals surface area contributed by atoms with Crippen LogP contribution < -0.4 is 5.84 Å². The Kier molecular flexibility index (Phi) is 3.01. The van der Waals surface area contributed by atoms with E-state index < -0.39 is 0 Å². The van der Waals surface area contributed by atoms with Crippen molar-refractivity contribution >= 4 is 5.71 Å². The highest BCUT2D eigenvalue weighted by Crippen LogP contribution is 2.11. The lowest BCUT2D eigenvalue weighted by molar-refractivity contribution is 1.24. The number of aryl methyl sites for hydroxylation is 1. The van der Waals surface area contributed by atoms with Crippen molar-refractivity contribution in [2.75, 3.05) is 0 Å². The van der Waals surface area contributed by atoms with Crippen LogP contribution in [0.4, 0.5) is 0 Å². The Morgan fingerprint density at radius 3 is 2.25 bits per heavy atom. The van der Waals surface area contributed by atoms with Gasteiger partial charge in [-0.1, -0.05) is 54.1 Å². The molecule has 0 radical (unpaired) electrons. The van der Waals surface area contributed by atoms with Gasteiger partial charge in [-0.05, 0) is 13.0 Å². The zero-order valence-electron chi connectivity index (χ0n) is 9.22. The molecule has 0 saturated carbocycles. The lowest BCUT2D eigenvalue weighted by atomic mass is 10.0. The predicted octanol–water partition coefficient (Wildman–Crippen LogP) is 2.71. The van der Waals surface area contributed by atoms with Crippen molar-refractivity contribution in [1.82, 2.24) is 0 Å². The molecule has 0 heterocycles. The van der Waals surface area contributed by atoms with Crippen LogP contribution in [0.3, 0.4) is 0 Å². The van der Waals surface area contributed by atoms with E-state index in [-0.39, 0.29) is 0 Å². The molecule has 0 aromatic heterocycles. The molecule has 80 valence electrons. The third-order valence-electron chi connectivity index (χ3n) is 2.47. The van der Waals surface area contributed by atoms with E-state index >= 15 is 0 Å². The molecule has 0 saturated heterocycles. The molecule has 2 nitrogen and oxygen atoms in total. The summed E-state index contributed by atoms with van der Waals surface area (Å²) in [4.78, 5) is 0. The Morgan fingerprint density at radius 2 is 1.62 bits per heavy atom. The highest BCUT2D eigenvalue weighted by molar-refractivity contribution is 6.12. The van der Waals surface area contributed by atoms with Gasteiger partial charge in [0.25, 0.3) is 0 Å². The number of nitrogens with two attached hydrogens (primary N) is 1. The summed E-state index contributed by atoms with van der Waals surface area (Å²) in [6.45, 7) is 2.06. The minimum atomic E-state index is 0.823. The van der Waals surface area contributed by atoms with E-state index in [1.165, 1.54) is 5.56 Å². The van der Waals surface area contributed by atoms with E-state index in [9.17, 15) is 0 Å². The number of hydrazone groups is 1. The molecule has 0 aliphatic heterocycles. The molecule has 0 aliphatic rings. The van der Waals surface area contributed by atoms with Crippen molar-refractivity contribution in [3.63, 3.8) is 0 Å². The quantitative estimate of drug-likeness (QED) is 0.462.